The number of ether oxygens (including phenoxy) is 5. The van der Waals surface area contributed by atoms with Gasteiger partial charge < -0.3 is 23.7 Å². The molecule has 4 aromatic carbocycles. The third kappa shape index (κ3) is 6.23. The maximum atomic E-state index is 12.9. The minimum Gasteiger partial charge on any atom is -0.494 e. The smallest absolute Gasteiger partial charge is 0.343 e. The Morgan fingerprint density at radius 3 is 2.00 bits per heavy atom. The molecule has 0 spiro atoms. The normalized spacial score (nSPS) is 11.0. The number of hydrogen-bond acceptors (Lipinski definition) is 8. The molecule has 0 aliphatic carbocycles. The van der Waals surface area contributed by atoms with Crippen LogP contribution in [0, 0.1) is 0 Å². The van der Waals surface area contributed by atoms with E-state index < -0.39 is 17.9 Å². The highest BCUT2D eigenvalue weighted by Crippen LogP contribution is 2.30. The third-order valence-electron chi connectivity index (χ3n) is 7.01. The average molecular weight is 608 g/mol. The van der Waals surface area contributed by atoms with Crippen LogP contribution in [-0.4, -0.2) is 52.3 Å². The molecule has 0 bridgehead atoms. The van der Waals surface area contributed by atoms with E-state index >= 15 is 0 Å². The van der Waals surface area contributed by atoms with Crippen molar-refractivity contribution >= 4 is 28.9 Å². The Morgan fingerprint density at radius 2 is 1.33 bits per heavy atom. The quantitative estimate of drug-likeness (QED) is 0.0706. The van der Waals surface area contributed by atoms with E-state index in [1.165, 1.54) is 25.3 Å². The molecular weight excluding hydrogens is 578 g/mol. The van der Waals surface area contributed by atoms with Crippen LogP contribution in [0.3, 0.4) is 0 Å². The van der Waals surface area contributed by atoms with Gasteiger partial charge in [-0.15, -0.1) is 9.26 Å². The van der Waals surface area contributed by atoms with Crippen molar-refractivity contribution in [1.82, 2.24) is 14.1 Å². The van der Waals surface area contributed by atoms with Crippen LogP contribution in [0.2, 0.25) is 0 Å². The molecule has 6 rings (SSSR count). The van der Waals surface area contributed by atoms with Crippen LogP contribution in [0.25, 0.3) is 16.7 Å². The van der Waals surface area contributed by atoms with Gasteiger partial charge in [0.1, 0.15) is 22.5 Å². The van der Waals surface area contributed by atoms with E-state index in [-0.39, 0.29) is 17.1 Å². The van der Waals surface area contributed by atoms with Crippen LogP contribution < -0.4 is 18.9 Å². The van der Waals surface area contributed by atoms with Crippen LogP contribution in [0.1, 0.15) is 33.6 Å². The summed E-state index contributed by atoms with van der Waals surface area (Å²) < 4.78 is 31.2. The Hall–Kier alpha value is -5.97. The minimum absolute atomic E-state index is 0.153. The lowest BCUT2D eigenvalue weighted by Gasteiger charge is -2.11. The van der Waals surface area contributed by atoms with Crippen LogP contribution in [-0.2, 0) is 9.53 Å². The van der Waals surface area contributed by atoms with Gasteiger partial charge in [0.05, 0.1) is 37.1 Å². The van der Waals surface area contributed by atoms with Crippen molar-refractivity contribution in [1.29, 1.82) is 0 Å². The first-order valence-electron chi connectivity index (χ1n) is 14.2. The highest BCUT2D eigenvalue weighted by Gasteiger charge is 2.23. The maximum absolute atomic E-state index is 12.9. The van der Waals surface area contributed by atoms with Crippen molar-refractivity contribution in [3.05, 3.63) is 115 Å². The summed E-state index contributed by atoms with van der Waals surface area (Å²) in [6.45, 7) is 4.07. The van der Waals surface area contributed by atoms with Gasteiger partial charge >= 0.3 is 17.9 Å². The molecule has 0 saturated carbocycles. The molecule has 6 aromatic rings. The summed E-state index contributed by atoms with van der Waals surface area (Å²) in [5.41, 5.74) is 3.73. The molecule has 0 aliphatic rings. The summed E-state index contributed by atoms with van der Waals surface area (Å²) >= 11 is 0. The van der Waals surface area contributed by atoms with E-state index in [4.69, 9.17) is 23.7 Å². The Morgan fingerprint density at radius 1 is 0.711 bits per heavy atom. The number of rotatable bonds is 13. The second kappa shape index (κ2) is 12.7. The van der Waals surface area contributed by atoms with Gasteiger partial charge in [-0.25, -0.2) is 14.4 Å². The lowest BCUT2D eigenvalue weighted by molar-refractivity contribution is -0.137. The maximum Gasteiger partial charge on any atom is 0.343 e. The third-order valence-corrected chi connectivity index (χ3v) is 7.01. The number of para-hydroxylation sites is 2. The van der Waals surface area contributed by atoms with Gasteiger partial charge in [-0.3, -0.25) is 0 Å². The summed E-state index contributed by atoms with van der Waals surface area (Å²) in [7, 11) is 1.42. The molecule has 0 saturated heterocycles. The SMILES string of the molecule is C=CC(=O)OCCCCOc1ccc(C(=O)Oc2ccc(C(=O)Oc3ccc(-n4n5c6ccccc6n45)cc3)cc2OC)cc1. The molecule has 0 aliphatic heterocycles. The van der Waals surface area contributed by atoms with Crippen molar-refractivity contribution < 1.29 is 38.1 Å². The Labute approximate surface area is 257 Å². The van der Waals surface area contributed by atoms with Gasteiger partial charge in [-0.2, -0.15) is 4.80 Å². The van der Waals surface area contributed by atoms with E-state index in [0.29, 0.717) is 43.1 Å². The molecule has 11 heteroatoms. The molecular formula is C34H29N3O8. The van der Waals surface area contributed by atoms with Gasteiger partial charge in [0.25, 0.3) is 0 Å². The molecule has 2 heterocycles. The van der Waals surface area contributed by atoms with Crippen molar-refractivity contribution in [3.8, 4) is 28.7 Å². The molecule has 0 unspecified atom stereocenters. The van der Waals surface area contributed by atoms with Crippen LogP contribution >= 0.6 is 0 Å². The zero-order valence-electron chi connectivity index (χ0n) is 24.4. The van der Waals surface area contributed by atoms with Crippen LogP contribution in [0.5, 0.6) is 23.0 Å². The summed E-state index contributed by atoms with van der Waals surface area (Å²) in [5, 5.41) is 0. The van der Waals surface area contributed by atoms with Gasteiger partial charge in [0.2, 0.25) is 0 Å². The monoisotopic (exact) mass is 607 g/mol. The molecule has 2 aromatic heterocycles. The largest absolute Gasteiger partial charge is 0.494 e. The molecule has 0 fully saturated rings. The summed E-state index contributed by atoms with van der Waals surface area (Å²) in [6.07, 6.45) is 2.47. The second-order valence-corrected chi connectivity index (χ2v) is 9.95. The van der Waals surface area contributed by atoms with Gasteiger partial charge in [0.15, 0.2) is 11.5 Å². The minimum atomic E-state index is -0.602. The molecule has 228 valence electrons. The first kappa shape index (κ1) is 29.1. The lowest BCUT2D eigenvalue weighted by atomic mass is 10.2. The number of benzene rings is 4. The van der Waals surface area contributed by atoms with E-state index in [1.807, 2.05) is 38.3 Å². The molecule has 0 N–H and O–H groups in total. The fourth-order valence-electron chi connectivity index (χ4n) is 4.68. The highest BCUT2D eigenvalue weighted by atomic mass is 16.6. The van der Waals surface area contributed by atoms with Crippen LogP contribution in [0.4, 0.5) is 0 Å². The fourth-order valence-corrected chi connectivity index (χ4v) is 4.68. The Bertz CT molecular complexity index is 1920. The zero-order chi connectivity index (χ0) is 31.3. The summed E-state index contributed by atoms with van der Waals surface area (Å²) in [5.74, 6) is -0.311. The van der Waals surface area contributed by atoms with Gasteiger partial charge in [0, 0.05) is 6.08 Å². The van der Waals surface area contributed by atoms with Crippen LogP contribution in [0.15, 0.2) is 104 Å². The number of aromatic nitrogens is 3. The molecule has 0 atom stereocenters. The highest BCUT2D eigenvalue weighted by molar-refractivity contribution is 5.93. The topological polar surface area (TPSA) is 111 Å². The van der Waals surface area contributed by atoms with E-state index in [0.717, 1.165) is 22.8 Å². The van der Waals surface area contributed by atoms with Crippen molar-refractivity contribution in [2.45, 2.75) is 12.8 Å². The number of fused-ring (bicyclic) bond motifs is 4. The van der Waals surface area contributed by atoms with E-state index in [9.17, 15) is 14.4 Å². The molecule has 0 amide bonds. The Kier molecular flexibility index (Phi) is 8.23. The molecule has 45 heavy (non-hydrogen) atoms. The number of methoxy groups -OCH3 is 1. The van der Waals surface area contributed by atoms with Gasteiger partial charge in [-0.1, -0.05) is 18.7 Å². The average Bonchev–Trinajstić information content (AvgIpc) is 3.74. The lowest BCUT2D eigenvalue weighted by Crippen LogP contribution is -2.11. The van der Waals surface area contributed by atoms with Crippen molar-refractivity contribution in [2.24, 2.45) is 0 Å². The van der Waals surface area contributed by atoms with E-state index in [2.05, 4.69) is 18.7 Å². The molecule has 0 radical (unpaired) electrons. The van der Waals surface area contributed by atoms with Gasteiger partial charge in [-0.05, 0) is 91.7 Å². The first-order valence-corrected chi connectivity index (χ1v) is 14.2. The number of nitrogens with zero attached hydrogens (tertiary/aromatic N) is 3. The number of esters is 3. The number of carbonyl (C=O) groups is 3. The zero-order valence-corrected chi connectivity index (χ0v) is 24.4. The second-order valence-electron chi connectivity index (χ2n) is 9.95. The first-order chi connectivity index (χ1) is 22.0. The summed E-state index contributed by atoms with van der Waals surface area (Å²) in [6, 6.07) is 26.2. The fraction of sp³-hybridized carbons (Fsp3) is 0.147. The number of hydrogen-bond donors (Lipinski definition) is 0. The number of unbranched alkanes of at least 4 members (excludes halogenated alkanes) is 1. The predicted molar refractivity (Wildman–Crippen MR) is 164 cm³/mol. The number of carbonyl (C=O) groups excluding carboxylic acids is 3. The Balaban J connectivity index is 1.01. The molecule has 11 nitrogen and oxygen atoms in total. The predicted octanol–water partition coefficient (Wildman–Crippen LogP) is 5.76. The summed E-state index contributed by atoms with van der Waals surface area (Å²) in [4.78, 5) is 38.7. The van der Waals surface area contributed by atoms with Crippen molar-refractivity contribution in [3.63, 3.8) is 0 Å². The van der Waals surface area contributed by atoms with E-state index in [1.54, 1.807) is 36.4 Å². The standard InChI is InChI=1S/C34H29N3O8/c1-3-32(38)43-21-7-6-20-42-26-15-10-23(11-16-26)33(39)45-30-19-12-24(22-31(30)41-2)34(40)44-27-17-13-25(14-18-27)35-36-28-8-4-5-9-29(28)37(35)36/h3-5,8-19,22H,1,6-7,20-21H2,2H3. The van der Waals surface area contributed by atoms with Crippen molar-refractivity contribution in [2.75, 3.05) is 20.3 Å².